The molecule has 0 aromatic heterocycles. The van der Waals surface area contributed by atoms with Crippen molar-refractivity contribution < 1.29 is 28.7 Å². The summed E-state index contributed by atoms with van der Waals surface area (Å²) in [6.07, 6.45) is -0.606. The van der Waals surface area contributed by atoms with Crippen LogP contribution in [0.1, 0.15) is 45.2 Å². The van der Waals surface area contributed by atoms with Gasteiger partial charge in [0.05, 0.1) is 6.04 Å². The van der Waals surface area contributed by atoms with Crippen molar-refractivity contribution in [2.45, 2.75) is 64.4 Å². The van der Waals surface area contributed by atoms with Crippen molar-refractivity contribution in [3.8, 4) is 0 Å². The van der Waals surface area contributed by atoms with Crippen LogP contribution in [-0.2, 0) is 41.9 Å². The number of ketones is 2. The summed E-state index contributed by atoms with van der Waals surface area (Å²) in [5.74, 6) is -4.89. The SMILES string of the molecule is CC(C)C(N)(C(=O)CC(N)C(=O)C(N)(C(=O)OCc1ccccc1)C(C)C)C(=O)OCc1ccccc1.Cl. The minimum absolute atomic E-state index is 0. The van der Waals surface area contributed by atoms with Crippen molar-refractivity contribution in [3.05, 3.63) is 71.8 Å². The lowest BCUT2D eigenvalue weighted by Crippen LogP contribution is -2.65. The third-order valence-corrected chi connectivity index (χ3v) is 6.53. The first kappa shape index (κ1) is 32.9. The molecule has 10 heteroatoms. The number of benzene rings is 2. The summed E-state index contributed by atoms with van der Waals surface area (Å²) in [5, 5.41) is 0. The van der Waals surface area contributed by atoms with Gasteiger partial charge in [-0.25, -0.2) is 9.59 Å². The van der Waals surface area contributed by atoms with Crippen LogP contribution >= 0.6 is 12.4 Å². The molecule has 0 saturated carbocycles. The van der Waals surface area contributed by atoms with Crippen molar-refractivity contribution in [2.24, 2.45) is 29.0 Å². The Morgan fingerprint density at radius 3 is 1.45 bits per heavy atom. The molecule has 208 valence electrons. The maximum atomic E-state index is 13.3. The van der Waals surface area contributed by atoms with Gasteiger partial charge in [-0.15, -0.1) is 12.4 Å². The molecule has 9 nitrogen and oxygen atoms in total. The highest BCUT2D eigenvalue weighted by molar-refractivity contribution is 6.14. The number of carbonyl (C=O) groups is 4. The maximum Gasteiger partial charge on any atom is 0.334 e. The van der Waals surface area contributed by atoms with E-state index in [0.29, 0.717) is 5.56 Å². The Morgan fingerprint density at radius 2 is 1.08 bits per heavy atom. The molecule has 2 rings (SSSR count). The van der Waals surface area contributed by atoms with Gasteiger partial charge >= 0.3 is 11.9 Å². The summed E-state index contributed by atoms with van der Waals surface area (Å²) in [5.41, 5.74) is 15.9. The largest absolute Gasteiger partial charge is 0.459 e. The summed E-state index contributed by atoms with van der Waals surface area (Å²) >= 11 is 0. The van der Waals surface area contributed by atoms with Crippen LogP contribution in [0.15, 0.2) is 60.7 Å². The number of carbonyl (C=O) groups excluding carboxylic acids is 4. The predicted molar refractivity (Wildman–Crippen MR) is 146 cm³/mol. The van der Waals surface area contributed by atoms with E-state index in [0.717, 1.165) is 5.56 Å². The monoisotopic (exact) mass is 547 g/mol. The standard InChI is InChI=1S/C28H37N3O6.ClH/c1-18(2)27(30,25(34)36-16-20-11-7-5-8-12-20)23(32)15-22(29)24(33)28(31,19(3)4)26(35)37-17-21-13-9-6-10-14-21;/h5-14,18-19,22H,15-17,29-31H2,1-4H3;1H. The van der Waals surface area contributed by atoms with Crippen molar-refractivity contribution in [3.63, 3.8) is 0 Å². The molecular weight excluding hydrogens is 510 g/mol. The molecule has 0 aliphatic carbocycles. The Morgan fingerprint density at radius 1 is 0.711 bits per heavy atom. The maximum absolute atomic E-state index is 13.3. The predicted octanol–water partition coefficient (Wildman–Crippen LogP) is 2.46. The highest BCUT2D eigenvalue weighted by Gasteiger charge is 2.51. The van der Waals surface area contributed by atoms with Gasteiger partial charge in [0.25, 0.3) is 0 Å². The highest BCUT2D eigenvalue weighted by Crippen LogP contribution is 2.24. The molecule has 0 saturated heterocycles. The molecule has 3 atom stereocenters. The molecule has 6 N–H and O–H groups in total. The van der Waals surface area contributed by atoms with Gasteiger partial charge in [0.2, 0.25) is 0 Å². The minimum atomic E-state index is -2.10. The quantitative estimate of drug-likeness (QED) is 0.252. The highest BCUT2D eigenvalue weighted by atomic mass is 35.5. The third-order valence-electron chi connectivity index (χ3n) is 6.53. The van der Waals surface area contributed by atoms with Crippen LogP contribution in [-0.4, -0.2) is 40.6 Å². The van der Waals surface area contributed by atoms with Crippen molar-refractivity contribution >= 4 is 35.9 Å². The topological polar surface area (TPSA) is 165 Å². The van der Waals surface area contributed by atoms with E-state index in [1.165, 1.54) is 0 Å². The zero-order valence-corrected chi connectivity index (χ0v) is 23.0. The molecule has 0 radical (unpaired) electrons. The molecule has 0 aliphatic heterocycles. The van der Waals surface area contributed by atoms with E-state index >= 15 is 0 Å². The molecular formula is C28H38ClN3O6. The fourth-order valence-corrected chi connectivity index (χ4v) is 3.75. The molecule has 0 fully saturated rings. The van der Waals surface area contributed by atoms with E-state index in [-0.39, 0.29) is 25.6 Å². The second kappa shape index (κ2) is 14.2. The Labute approximate surface area is 229 Å². The molecule has 0 amide bonds. The molecule has 3 unspecified atom stereocenters. The van der Waals surface area contributed by atoms with Crippen LogP contribution in [0.4, 0.5) is 0 Å². The van der Waals surface area contributed by atoms with Crippen molar-refractivity contribution in [2.75, 3.05) is 0 Å². The van der Waals surface area contributed by atoms with Crippen LogP contribution in [0, 0.1) is 11.8 Å². The summed E-state index contributed by atoms with van der Waals surface area (Å²) in [6.45, 7) is 6.20. The minimum Gasteiger partial charge on any atom is -0.459 e. The molecule has 0 bridgehead atoms. The number of rotatable bonds is 13. The lowest BCUT2D eigenvalue weighted by Gasteiger charge is -2.33. The average molecular weight is 548 g/mol. The molecule has 38 heavy (non-hydrogen) atoms. The van der Waals surface area contributed by atoms with Gasteiger partial charge in [0, 0.05) is 6.42 Å². The number of Topliss-reactive ketones (excluding diaryl/α,β-unsaturated/α-hetero) is 2. The van der Waals surface area contributed by atoms with E-state index in [1.807, 2.05) is 12.1 Å². The second-order valence-corrected chi connectivity index (χ2v) is 9.77. The number of esters is 2. The third kappa shape index (κ3) is 7.48. The number of nitrogens with two attached hydrogens (primary N) is 3. The average Bonchev–Trinajstić information content (AvgIpc) is 2.89. The number of hydrogen-bond donors (Lipinski definition) is 3. The summed E-state index contributed by atoms with van der Waals surface area (Å²) in [6, 6.07) is 16.3. The zero-order valence-electron chi connectivity index (χ0n) is 22.2. The van der Waals surface area contributed by atoms with Crippen LogP contribution in [0.2, 0.25) is 0 Å². The van der Waals surface area contributed by atoms with Crippen LogP contribution in [0.25, 0.3) is 0 Å². The number of ether oxygens (including phenoxy) is 2. The Balaban J connectivity index is 0.00000722. The molecule has 0 aliphatic rings. The van der Waals surface area contributed by atoms with E-state index in [2.05, 4.69) is 0 Å². The van der Waals surface area contributed by atoms with Gasteiger partial charge in [0.15, 0.2) is 22.6 Å². The number of hydrogen-bond acceptors (Lipinski definition) is 9. The van der Waals surface area contributed by atoms with Crippen LogP contribution in [0.3, 0.4) is 0 Å². The van der Waals surface area contributed by atoms with Gasteiger partial charge in [-0.3, -0.25) is 9.59 Å². The van der Waals surface area contributed by atoms with Crippen molar-refractivity contribution in [1.82, 2.24) is 0 Å². The molecule has 0 heterocycles. The van der Waals surface area contributed by atoms with Crippen LogP contribution in [0.5, 0.6) is 0 Å². The van der Waals surface area contributed by atoms with Crippen molar-refractivity contribution in [1.29, 1.82) is 0 Å². The van der Waals surface area contributed by atoms with E-state index in [1.54, 1.807) is 76.2 Å². The van der Waals surface area contributed by atoms with Crippen LogP contribution < -0.4 is 17.2 Å². The van der Waals surface area contributed by atoms with Gasteiger partial charge in [0.1, 0.15) is 13.2 Å². The summed E-state index contributed by atoms with van der Waals surface area (Å²) in [4.78, 5) is 52.4. The molecule has 2 aromatic carbocycles. The second-order valence-electron chi connectivity index (χ2n) is 9.77. The summed E-state index contributed by atoms with van der Waals surface area (Å²) < 4.78 is 10.7. The fourth-order valence-electron chi connectivity index (χ4n) is 3.75. The summed E-state index contributed by atoms with van der Waals surface area (Å²) in [7, 11) is 0. The molecule has 2 aromatic rings. The first-order valence-electron chi connectivity index (χ1n) is 12.2. The Bertz CT molecular complexity index is 1100. The Hall–Kier alpha value is -3.11. The van der Waals surface area contributed by atoms with Gasteiger partial charge in [-0.2, -0.15) is 0 Å². The lowest BCUT2D eigenvalue weighted by molar-refractivity contribution is -0.160. The van der Waals surface area contributed by atoms with E-state index in [9.17, 15) is 19.2 Å². The first-order valence-corrected chi connectivity index (χ1v) is 12.2. The van der Waals surface area contributed by atoms with Gasteiger partial charge in [-0.05, 0) is 23.0 Å². The molecule has 0 spiro atoms. The van der Waals surface area contributed by atoms with Gasteiger partial charge in [-0.1, -0.05) is 88.4 Å². The van der Waals surface area contributed by atoms with Gasteiger partial charge < -0.3 is 26.7 Å². The Kier molecular flexibility index (Phi) is 12.3. The normalized spacial score (nSPS) is 15.0. The number of halogens is 1. The lowest BCUT2D eigenvalue weighted by atomic mass is 9.76. The first-order chi connectivity index (χ1) is 17.3. The fraction of sp³-hybridized carbons (Fsp3) is 0.429. The van der Waals surface area contributed by atoms with E-state index in [4.69, 9.17) is 26.7 Å². The zero-order chi connectivity index (χ0) is 27.8. The smallest absolute Gasteiger partial charge is 0.334 e. The van der Waals surface area contributed by atoms with E-state index < -0.39 is 58.9 Å².